The second kappa shape index (κ2) is 10.8. The molecule has 0 spiro atoms. The molecule has 1 aromatic heterocycles. The molecule has 0 bridgehead atoms. The van der Waals surface area contributed by atoms with Gasteiger partial charge < -0.3 is 19.4 Å². The SMILES string of the molecule is COc1ccc(-n2ccnc2CN2CCC(CCC(=O)NC[C@H]3CCCO3)CC2)cc1. The maximum absolute atomic E-state index is 12.1. The minimum Gasteiger partial charge on any atom is -0.497 e. The van der Waals surface area contributed by atoms with Crippen LogP contribution in [0.5, 0.6) is 5.75 Å². The van der Waals surface area contributed by atoms with Gasteiger partial charge in [-0.05, 0) is 75.4 Å². The van der Waals surface area contributed by atoms with E-state index in [9.17, 15) is 4.79 Å². The van der Waals surface area contributed by atoms with E-state index in [-0.39, 0.29) is 12.0 Å². The molecule has 1 atom stereocenters. The quantitative estimate of drug-likeness (QED) is 0.667. The highest BCUT2D eigenvalue weighted by atomic mass is 16.5. The van der Waals surface area contributed by atoms with E-state index in [0.29, 0.717) is 18.9 Å². The highest BCUT2D eigenvalue weighted by Gasteiger charge is 2.22. The summed E-state index contributed by atoms with van der Waals surface area (Å²) in [5.74, 6) is 2.70. The number of hydrogen-bond donors (Lipinski definition) is 1. The van der Waals surface area contributed by atoms with E-state index in [4.69, 9.17) is 9.47 Å². The molecule has 0 unspecified atom stereocenters. The van der Waals surface area contributed by atoms with Gasteiger partial charge in [-0.2, -0.15) is 0 Å². The molecule has 7 heteroatoms. The Morgan fingerprint density at radius 1 is 1.23 bits per heavy atom. The van der Waals surface area contributed by atoms with Crippen molar-refractivity contribution in [1.82, 2.24) is 19.8 Å². The van der Waals surface area contributed by atoms with Crippen LogP contribution in [0.1, 0.15) is 44.3 Å². The first-order valence-corrected chi connectivity index (χ1v) is 11.5. The van der Waals surface area contributed by atoms with E-state index >= 15 is 0 Å². The van der Waals surface area contributed by atoms with Crippen LogP contribution in [-0.4, -0.2) is 59.8 Å². The Bertz CT molecular complexity index is 822. The van der Waals surface area contributed by atoms with Gasteiger partial charge in [0.15, 0.2) is 0 Å². The minimum atomic E-state index is 0.166. The van der Waals surface area contributed by atoms with Gasteiger partial charge in [-0.1, -0.05) is 0 Å². The number of carbonyl (C=O) groups excluding carboxylic acids is 1. The van der Waals surface area contributed by atoms with E-state index in [1.807, 2.05) is 24.5 Å². The molecule has 0 aliphatic carbocycles. The lowest BCUT2D eigenvalue weighted by Crippen LogP contribution is -2.35. The van der Waals surface area contributed by atoms with E-state index < -0.39 is 0 Å². The van der Waals surface area contributed by atoms with Crippen molar-refractivity contribution < 1.29 is 14.3 Å². The van der Waals surface area contributed by atoms with E-state index in [1.54, 1.807) is 7.11 Å². The number of likely N-dealkylation sites (tertiary alicyclic amines) is 1. The van der Waals surface area contributed by atoms with Gasteiger partial charge in [-0.15, -0.1) is 0 Å². The van der Waals surface area contributed by atoms with Crippen LogP contribution in [0.25, 0.3) is 5.69 Å². The summed E-state index contributed by atoms with van der Waals surface area (Å²) < 4.78 is 13.0. The summed E-state index contributed by atoms with van der Waals surface area (Å²) in [6, 6.07) is 8.06. The molecule has 1 N–H and O–H groups in total. The fraction of sp³-hybridized carbons (Fsp3) is 0.583. The summed E-state index contributed by atoms with van der Waals surface area (Å²) in [6.45, 7) is 4.44. The Morgan fingerprint density at radius 3 is 2.74 bits per heavy atom. The monoisotopic (exact) mass is 426 g/mol. The zero-order chi connectivity index (χ0) is 21.5. The molecular weight excluding hydrogens is 392 g/mol. The first-order chi connectivity index (χ1) is 15.2. The van der Waals surface area contributed by atoms with E-state index in [2.05, 4.69) is 31.9 Å². The third kappa shape index (κ3) is 6.08. The van der Waals surface area contributed by atoms with Crippen LogP contribution in [0.15, 0.2) is 36.7 Å². The number of imidazole rings is 1. The number of nitrogens with one attached hydrogen (secondary N) is 1. The number of ether oxygens (including phenoxy) is 2. The van der Waals surface area contributed by atoms with Crippen LogP contribution in [0.2, 0.25) is 0 Å². The summed E-state index contributed by atoms with van der Waals surface area (Å²) in [6.07, 6.45) is 10.2. The van der Waals surface area contributed by atoms with Gasteiger partial charge in [0.2, 0.25) is 5.91 Å². The predicted molar refractivity (Wildman–Crippen MR) is 119 cm³/mol. The first kappa shape index (κ1) is 21.8. The molecule has 2 saturated heterocycles. The van der Waals surface area contributed by atoms with Crippen LogP contribution >= 0.6 is 0 Å². The van der Waals surface area contributed by atoms with Crippen molar-refractivity contribution in [3.63, 3.8) is 0 Å². The predicted octanol–water partition coefficient (Wildman–Crippen LogP) is 3.17. The number of piperidine rings is 1. The van der Waals surface area contributed by atoms with Gasteiger partial charge in [0, 0.05) is 37.7 Å². The topological polar surface area (TPSA) is 68.6 Å². The molecule has 3 heterocycles. The fourth-order valence-electron chi connectivity index (χ4n) is 4.52. The van der Waals surface area contributed by atoms with Gasteiger partial charge in [-0.3, -0.25) is 9.69 Å². The largest absolute Gasteiger partial charge is 0.497 e. The van der Waals surface area contributed by atoms with Crippen molar-refractivity contribution in [3.8, 4) is 11.4 Å². The number of aromatic nitrogens is 2. The molecule has 0 radical (unpaired) electrons. The molecule has 2 aliphatic heterocycles. The summed E-state index contributed by atoms with van der Waals surface area (Å²) >= 11 is 0. The van der Waals surface area contributed by atoms with Gasteiger partial charge in [0.1, 0.15) is 11.6 Å². The van der Waals surface area contributed by atoms with Crippen molar-refractivity contribution in [3.05, 3.63) is 42.5 Å². The van der Waals surface area contributed by atoms with Crippen molar-refractivity contribution in [2.45, 2.75) is 51.2 Å². The highest BCUT2D eigenvalue weighted by Crippen LogP contribution is 2.24. The van der Waals surface area contributed by atoms with E-state index in [0.717, 1.165) is 75.6 Å². The van der Waals surface area contributed by atoms with E-state index in [1.165, 1.54) is 0 Å². The molecule has 0 saturated carbocycles. The molecule has 1 amide bonds. The number of carbonyl (C=O) groups is 1. The number of hydrogen-bond acceptors (Lipinski definition) is 5. The van der Waals surface area contributed by atoms with Crippen LogP contribution in [0.4, 0.5) is 0 Å². The highest BCUT2D eigenvalue weighted by molar-refractivity contribution is 5.75. The maximum atomic E-state index is 12.1. The Morgan fingerprint density at radius 2 is 2.03 bits per heavy atom. The summed E-state index contributed by atoms with van der Waals surface area (Å²) in [5, 5.41) is 3.04. The zero-order valence-corrected chi connectivity index (χ0v) is 18.5. The van der Waals surface area contributed by atoms with Crippen LogP contribution in [0.3, 0.4) is 0 Å². The molecule has 31 heavy (non-hydrogen) atoms. The molecule has 2 aliphatic rings. The van der Waals surface area contributed by atoms with Crippen molar-refractivity contribution >= 4 is 5.91 Å². The smallest absolute Gasteiger partial charge is 0.220 e. The average molecular weight is 427 g/mol. The molecule has 1 aromatic carbocycles. The van der Waals surface area contributed by atoms with Gasteiger partial charge in [-0.25, -0.2) is 4.98 Å². The Kier molecular flexibility index (Phi) is 7.59. The third-order valence-corrected chi connectivity index (χ3v) is 6.47. The zero-order valence-electron chi connectivity index (χ0n) is 18.5. The number of rotatable bonds is 9. The van der Waals surface area contributed by atoms with Crippen molar-refractivity contribution in [2.24, 2.45) is 5.92 Å². The van der Waals surface area contributed by atoms with Crippen LogP contribution in [0, 0.1) is 5.92 Å². The first-order valence-electron chi connectivity index (χ1n) is 11.5. The number of benzene rings is 1. The van der Waals surface area contributed by atoms with Gasteiger partial charge >= 0.3 is 0 Å². The fourth-order valence-corrected chi connectivity index (χ4v) is 4.52. The molecule has 7 nitrogen and oxygen atoms in total. The maximum Gasteiger partial charge on any atom is 0.220 e. The molecule has 168 valence electrons. The molecular formula is C24H34N4O3. The summed E-state index contributed by atoms with van der Waals surface area (Å²) in [7, 11) is 1.68. The van der Waals surface area contributed by atoms with Gasteiger partial charge in [0.25, 0.3) is 0 Å². The Balaban J connectivity index is 1.19. The lowest BCUT2D eigenvalue weighted by molar-refractivity contribution is -0.122. The van der Waals surface area contributed by atoms with Gasteiger partial charge in [0.05, 0.1) is 19.8 Å². The average Bonchev–Trinajstić information content (AvgIpc) is 3.49. The summed E-state index contributed by atoms with van der Waals surface area (Å²) in [4.78, 5) is 19.2. The lowest BCUT2D eigenvalue weighted by Gasteiger charge is -2.31. The van der Waals surface area contributed by atoms with Crippen molar-refractivity contribution in [2.75, 3.05) is 33.4 Å². The normalized spacial score (nSPS) is 20.1. The van der Waals surface area contributed by atoms with Crippen molar-refractivity contribution in [1.29, 1.82) is 0 Å². The van der Waals surface area contributed by atoms with Crippen LogP contribution < -0.4 is 10.1 Å². The number of amides is 1. The second-order valence-corrected chi connectivity index (χ2v) is 8.61. The Labute approximate surface area is 184 Å². The number of methoxy groups -OCH3 is 1. The molecule has 2 fully saturated rings. The lowest BCUT2D eigenvalue weighted by atomic mass is 9.92. The number of nitrogens with zero attached hydrogens (tertiary/aromatic N) is 3. The molecule has 4 rings (SSSR count). The Hall–Kier alpha value is -2.38. The standard InChI is InChI=1S/C24H34N4O3/c1-30-21-7-5-20(6-8-21)28-15-12-25-23(28)18-27-13-10-19(11-14-27)4-9-24(29)26-17-22-3-2-16-31-22/h5-8,12,15,19,22H,2-4,9-11,13-14,16-18H2,1H3,(H,26,29)/t22-/m1/s1. The molecule has 2 aromatic rings. The van der Waals surface area contributed by atoms with Crippen LogP contribution in [-0.2, 0) is 16.1 Å². The third-order valence-electron chi connectivity index (χ3n) is 6.47. The second-order valence-electron chi connectivity index (χ2n) is 8.61. The summed E-state index contributed by atoms with van der Waals surface area (Å²) in [5.41, 5.74) is 1.09. The minimum absolute atomic E-state index is 0.166.